The van der Waals surface area contributed by atoms with E-state index in [0.717, 1.165) is 41.6 Å². The Morgan fingerprint density at radius 2 is 1.84 bits per heavy atom. The van der Waals surface area contributed by atoms with Crippen LogP contribution in [0, 0.1) is 17.2 Å². The van der Waals surface area contributed by atoms with Crippen molar-refractivity contribution >= 4 is 46.9 Å². The molecule has 1 spiro atoms. The third-order valence-corrected chi connectivity index (χ3v) is 9.85. The summed E-state index contributed by atoms with van der Waals surface area (Å²) in [6.07, 6.45) is 3.26. The van der Waals surface area contributed by atoms with E-state index in [4.69, 9.17) is 28.9 Å². The van der Waals surface area contributed by atoms with Crippen molar-refractivity contribution in [1.29, 1.82) is 0 Å². The number of nitrogens with two attached hydrogens (primary N) is 1. The van der Waals surface area contributed by atoms with Crippen molar-refractivity contribution in [2.45, 2.75) is 70.1 Å². The van der Waals surface area contributed by atoms with E-state index in [2.05, 4.69) is 31.0 Å². The molecule has 3 aromatic carbocycles. The molecule has 6 rings (SSSR count). The second-order valence-electron chi connectivity index (χ2n) is 13.4. The Morgan fingerprint density at radius 1 is 1.12 bits per heavy atom. The van der Waals surface area contributed by atoms with E-state index in [0.29, 0.717) is 30.2 Å². The predicted molar refractivity (Wildman–Crippen MR) is 170 cm³/mol. The lowest BCUT2D eigenvalue weighted by atomic mass is 9.64. The minimum Gasteiger partial charge on any atom is -0.326 e. The van der Waals surface area contributed by atoms with Crippen molar-refractivity contribution in [3.05, 3.63) is 93.2 Å². The fourth-order valence-electron chi connectivity index (χ4n) is 7.36. The third-order valence-electron chi connectivity index (χ3n) is 9.32. The molecule has 1 aliphatic carbocycles. The number of anilines is 2. The lowest BCUT2D eigenvalue weighted by molar-refractivity contribution is -0.122. The number of halogens is 3. The summed E-state index contributed by atoms with van der Waals surface area (Å²) in [5.41, 5.74) is 8.75. The molecule has 43 heavy (non-hydrogen) atoms. The molecule has 0 radical (unpaired) electrons. The standard InChI is InChI=1S/C34H37Cl2FN4O2/c1-33(2,3)16-30-34(25-12-9-23(35)15-29(25)39-32(34)43)26(22-8-13-28(37)27(36)14-22)18-40(30)31(21-6-7-21)41(19-42)24-10-4-20(17-38)5-11-24/h4-5,8-15,19,21,26,30-31H,6-7,16-18,38H2,1-3H3,(H,39,43)/t26?,30?,31?,34-/m0/s1. The van der Waals surface area contributed by atoms with Crippen LogP contribution in [0.5, 0.6) is 0 Å². The molecule has 6 nitrogen and oxygen atoms in total. The Hall–Kier alpha value is -2.97. The first kappa shape index (κ1) is 30.1. The van der Waals surface area contributed by atoms with Gasteiger partial charge in [-0.1, -0.05) is 68.2 Å². The van der Waals surface area contributed by atoms with Crippen LogP contribution in [0.3, 0.4) is 0 Å². The van der Waals surface area contributed by atoms with E-state index in [1.165, 1.54) is 6.07 Å². The summed E-state index contributed by atoms with van der Waals surface area (Å²) < 4.78 is 14.4. The maximum Gasteiger partial charge on any atom is 0.237 e. The highest BCUT2D eigenvalue weighted by Crippen LogP contribution is 2.59. The Bertz CT molecular complexity index is 1550. The van der Waals surface area contributed by atoms with Gasteiger partial charge in [0.2, 0.25) is 12.3 Å². The van der Waals surface area contributed by atoms with Gasteiger partial charge in [-0.05, 0) is 83.7 Å². The zero-order valence-electron chi connectivity index (χ0n) is 24.6. The topological polar surface area (TPSA) is 78.7 Å². The zero-order valence-corrected chi connectivity index (χ0v) is 26.1. The molecule has 3 N–H and O–H groups in total. The monoisotopic (exact) mass is 622 g/mol. The first-order chi connectivity index (χ1) is 20.5. The van der Waals surface area contributed by atoms with Crippen LogP contribution in [0.4, 0.5) is 15.8 Å². The van der Waals surface area contributed by atoms with Crippen LogP contribution in [-0.4, -0.2) is 36.0 Å². The van der Waals surface area contributed by atoms with Gasteiger partial charge in [0.1, 0.15) is 5.82 Å². The van der Waals surface area contributed by atoms with Gasteiger partial charge < -0.3 is 11.1 Å². The molecule has 3 aromatic rings. The maximum absolute atomic E-state index is 14.5. The molecule has 1 saturated heterocycles. The van der Waals surface area contributed by atoms with Crippen molar-refractivity contribution in [1.82, 2.24) is 4.90 Å². The van der Waals surface area contributed by atoms with Crippen molar-refractivity contribution in [3.63, 3.8) is 0 Å². The SMILES string of the molecule is CC(C)(C)CC1N(C(C2CC2)N(C=O)c2ccc(CN)cc2)CC(c2ccc(F)c(Cl)c2)[C@]12C(=O)Nc1cc(Cl)ccc12. The third kappa shape index (κ3) is 5.24. The summed E-state index contributed by atoms with van der Waals surface area (Å²) in [5, 5.41) is 3.70. The molecule has 226 valence electrons. The number of nitrogens with one attached hydrogen (secondary N) is 1. The normalized spacial score (nSPS) is 24.2. The largest absolute Gasteiger partial charge is 0.326 e. The van der Waals surface area contributed by atoms with Gasteiger partial charge in [0.15, 0.2) is 0 Å². The summed E-state index contributed by atoms with van der Waals surface area (Å²) in [5.74, 6) is -0.752. The average molecular weight is 624 g/mol. The molecular weight excluding hydrogens is 586 g/mol. The van der Waals surface area contributed by atoms with Crippen LogP contribution < -0.4 is 16.0 Å². The molecule has 0 bridgehead atoms. The maximum atomic E-state index is 14.5. The molecule has 2 fully saturated rings. The van der Waals surface area contributed by atoms with E-state index in [1.54, 1.807) is 18.2 Å². The number of benzene rings is 3. The lowest BCUT2D eigenvalue weighted by Gasteiger charge is -2.44. The summed E-state index contributed by atoms with van der Waals surface area (Å²) >= 11 is 12.8. The number of fused-ring (bicyclic) bond motifs is 2. The molecule has 2 aliphatic heterocycles. The number of carbonyl (C=O) groups is 2. The van der Waals surface area contributed by atoms with E-state index in [-0.39, 0.29) is 40.4 Å². The second kappa shape index (κ2) is 11.2. The Kier molecular flexibility index (Phi) is 7.82. The molecule has 3 unspecified atom stereocenters. The quantitative estimate of drug-likeness (QED) is 0.263. The first-order valence-electron chi connectivity index (χ1n) is 14.8. The molecule has 2 heterocycles. The zero-order chi connectivity index (χ0) is 30.7. The highest BCUT2D eigenvalue weighted by Gasteiger charge is 2.66. The van der Waals surface area contributed by atoms with Crippen molar-refractivity contribution in [2.75, 3.05) is 16.8 Å². The molecule has 9 heteroatoms. The molecule has 1 saturated carbocycles. The van der Waals surface area contributed by atoms with Gasteiger partial charge in [-0.25, -0.2) is 4.39 Å². The molecule has 2 amide bonds. The molecule has 4 atom stereocenters. The van der Waals surface area contributed by atoms with Gasteiger partial charge >= 0.3 is 0 Å². The minimum absolute atomic E-state index is 0.0152. The van der Waals surface area contributed by atoms with Crippen LogP contribution in [0.2, 0.25) is 10.0 Å². The Balaban J connectivity index is 1.57. The van der Waals surface area contributed by atoms with Gasteiger partial charge in [0, 0.05) is 41.4 Å². The van der Waals surface area contributed by atoms with Gasteiger partial charge in [-0.2, -0.15) is 0 Å². The van der Waals surface area contributed by atoms with Gasteiger partial charge in [0.05, 0.1) is 16.6 Å². The highest BCUT2D eigenvalue weighted by molar-refractivity contribution is 6.31. The number of hydrogen-bond donors (Lipinski definition) is 2. The van der Waals surface area contributed by atoms with Crippen molar-refractivity contribution < 1.29 is 14.0 Å². The van der Waals surface area contributed by atoms with Gasteiger partial charge in [-0.3, -0.25) is 19.4 Å². The average Bonchev–Trinajstić information content (AvgIpc) is 3.70. The van der Waals surface area contributed by atoms with Crippen molar-refractivity contribution in [3.8, 4) is 0 Å². The van der Waals surface area contributed by atoms with E-state index < -0.39 is 11.2 Å². The van der Waals surface area contributed by atoms with Crippen LogP contribution in [0.15, 0.2) is 60.7 Å². The number of likely N-dealkylation sites (tertiary alicyclic amines) is 1. The van der Waals surface area contributed by atoms with Gasteiger partial charge in [-0.15, -0.1) is 0 Å². The van der Waals surface area contributed by atoms with Crippen LogP contribution in [0.1, 0.15) is 62.6 Å². The highest BCUT2D eigenvalue weighted by atomic mass is 35.5. The number of nitrogens with zero attached hydrogens (tertiary/aromatic N) is 2. The summed E-state index contributed by atoms with van der Waals surface area (Å²) in [6, 6.07) is 17.8. The van der Waals surface area contributed by atoms with Crippen LogP contribution >= 0.6 is 23.2 Å². The Labute approximate surface area is 262 Å². The fraction of sp³-hybridized carbons (Fsp3) is 0.412. The molecule has 3 aliphatic rings. The van der Waals surface area contributed by atoms with E-state index in [9.17, 15) is 14.0 Å². The predicted octanol–water partition coefficient (Wildman–Crippen LogP) is 7.08. The number of rotatable bonds is 8. The number of carbonyl (C=O) groups excluding carboxylic acids is 2. The van der Waals surface area contributed by atoms with Crippen LogP contribution in [0.25, 0.3) is 0 Å². The summed E-state index contributed by atoms with van der Waals surface area (Å²) in [7, 11) is 0. The first-order valence-corrected chi connectivity index (χ1v) is 15.6. The lowest BCUT2D eigenvalue weighted by Crippen LogP contribution is -2.57. The van der Waals surface area contributed by atoms with Crippen LogP contribution in [-0.2, 0) is 21.5 Å². The Morgan fingerprint density at radius 3 is 2.44 bits per heavy atom. The fourth-order valence-corrected chi connectivity index (χ4v) is 7.72. The van der Waals surface area contributed by atoms with Gasteiger partial charge in [0.25, 0.3) is 0 Å². The number of amides is 2. The molecule has 0 aromatic heterocycles. The second-order valence-corrected chi connectivity index (χ2v) is 14.2. The number of hydrogen-bond acceptors (Lipinski definition) is 4. The van der Waals surface area contributed by atoms with Crippen molar-refractivity contribution in [2.24, 2.45) is 17.1 Å². The van der Waals surface area contributed by atoms with E-state index >= 15 is 0 Å². The summed E-state index contributed by atoms with van der Waals surface area (Å²) in [6.45, 7) is 7.41. The van der Waals surface area contributed by atoms with E-state index in [1.807, 2.05) is 41.3 Å². The molecular formula is C34H37Cl2FN4O2. The smallest absolute Gasteiger partial charge is 0.237 e. The summed E-state index contributed by atoms with van der Waals surface area (Å²) in [4.78, 5) is 31.7. The minimum atomic E-state index is -1.03.